The van der Waals surface area contributed by atoms with Gasteiger partial charge in [0.2, 0.25) is 5.60 Å². The molecule has 37 heavy (non-hydrogen) atoms. The van der Waals surface area contributed by atoms with Gasteiger partial charge < -0.3 is 14.2 Å². The maximum absolute atomic E-state index is 12.8. The minimum absolute atomic E-state index is 0.292. The van der Waals surface area contributed by atoms with Crippen LogP contribution in [0.1, 0.15) is 45.2 Å². The van der Waals surface area contributed by atoms with E-state index in [0.717, 1.165) is 34.4 Å². The van der Waals surface area contributed by atoms with Crippen LogP contribution in [0.15, 0.2) is 78.9 Å². The predicted octanol–water partition coefficient (Wildman–Crippen LogP) is 7.97. The highest BCUT2D eigenvalue weighted by Gasteiger charge is 2.35. The lowest BCUT2D eigenvalue weighted by Crippen LogP contribution is -2.42. The van der Waals surface area contributed by atoms with E-state index in [2.05, 4.69) is 0 Å². The Balaban J connectivity index is 1.57. The number of allylic oxidation sites excluding steroid dienone is 1. The summed E-state index contributed by atoms with van der Waals surface area (Å²) in [5.74, 6) is 0.804. The van der Waals surface area contributed by atoms with Crippen molar-refractivity contribution in [2.24, 2.45) is 0 Å². The lowest BCUT2D eigenvalue weighted by atomic mass is 10.00. The van der Waals surface area contributed by atoms with Gasteiger partial charge in [-0.2, -0.15) is 13.2 Å². The van der Waals surface area contributed by atoms with Crippen LogP contribution in [0.3, 0.4) is 0 Å². The van der Waals surface area contributed by atoms with Crippen LogP contribution in [-0.2, 0) is 15.7 Å². The number of rotatable bonds is 10. The molecule has 4 nitrogen and oxygen atoms in total. The summed E-state index contributed by atoms with van der Waals surface area (Å²) in [7, 11) is 0. The SMILES string of the molecule is CCOC(=O)[C@](C)(CC)Oc1ccc(OCC=C(C)c2ccc(-c3ccc(C(F)(F)F)cc3)cc2)cc1. The highest BCUT2D eigenvalue weighted by atomic mass is 19.4. The molecule has 0 N–H and O–H groups in total. The van der Waals surface area contributed by atoms with E-state index in [1.807, 2.05) is 44.2 Å². The number of benzene rings is 3. The molecule has 0 aliphatic rings. The molecular formula is C30H31F3O4. The monoisotopic (exact) mass is 512 g/mol. The van der Waals surface area contributed by atoms with Gasteiger partial charge >= 0.3 is 12.1 Å². The Labute approximate surface area is 215 Å². The topological polar surface area (TPSA) is 44.8 Å². The molecule has 0 aliphatic carbocycles. The van der Waals surface area contributed by atoms with Gasteiger partial charge in [0, 0.05) is 0 Å². The molecule has 0 aromatic heterocycles. The molecule has 0 unspecified atom stereocenters. The molecule has 3 aromatic carbocycles. The van der Waals surface area contributed by atoms with Crippen LogP contribution >= 0.6 is 0 Å². The first-order valence-electron chi connectivity index (χ1n) is 12.1. The molecule has 3 rings (SSSR count). The average Bonchev–Trinajstić information content (AvgIpc) is 2.89. The number of esters is 1. The first-order valence-corrected chi connectivity index (χ1v) is 12.1. The Kier molecular flexibility index (Phi) is 9.03. The third-order valence-electron chi connectivity index (χ3n) is 6.07. The van der Waals surface area contributed by atoms with Gasteiger partial charge in [0.15, 0.2) is 0 Å². The van der Waals surface area contributed by atoms with Gasteiger partial charge in [-0.3, -0.25) is 0 Å². The number of carbonyl (C=O) groups is 1. The Morgan fingerprint density at radius 3 is 1.89 bits per heavy atom. The molecule has 3 aromatic rings. The summed E-state index contributed by atoms with van der Waals surface area (Å²) in [6.45, 7) is 7.94. The van der Waals surface area contributed by atoms with Gasteiger partial charge in [-0.1, -0.05) is 43.3 Å². The van der Waals surface area contributed by atoms with Crippen LogP contribution < -0.4 is 9.47 Å². The van der Waals surface area contributed by atoms with Crippen LogP contribution in [0.25, 0.3) is 16.7 Å². The molecule has 7 heteroatoms. The maximum atomic E-state index is 12.8. The van der Waals surface area contributed by atoms with E-state index >= 15 is 0 Å². The van der Waals surface area contributed by atoms with Gasteiger partial charge in [0.05, 0.1) is 12.2 Å². The summed E-state index contributed by atoms with van der Waals surface area (Å²) < 4.78 is 55.2. The van der Waals surface area contributed by atoms with Crippen molar-refractivity contribution in [3.8, 4) is 22.6 Å². The number of halogens is 3. The second-order valence-corrected chi connectivity index (χ2v) is 8.73. The van der Waals surface area contributed by atoms with E-state index in [-0.39, 0.29) is 0 Å². The number of hydrogen-bond donors (Lipinski definition) is 0. The zero-order chi connectivity index (χ0) is 27.1. The summed E-state index contributed by atoms with van der Waals surface area (Å²) in [6, 6.07) is 19.8. The maximum Gasteiger partial charge on any atom is 0.416 e. The van der Waals surface area contributed by atoms with Crippen molar-refractivity contribution in [1.29, 1.82) is 0 Å². The molecule has 0 spiro atoms. The quantitative estimate of drug-likeness (QED) is 0.259. The van der Waals surface area contributed by atoms with Crippen molar-refractivity contribution in [1.82, 2.24) is 0 Å². The van der Waals surface area contributed by atoms with Gasteiger partial charge in [-0.25, -0.2) is 4.79 Å². The van der Waals surface area contributed by atoms with Crippen molar-refractivity contribution >= 4 is 11.5 Å². The van der Waals surface area contributed by atoms with E-state index in [0.29, 0.717) is 31.1 Å². The van der Waals surface area contributed by atoms with Crippen molar-refractivity contribution in [2.75, 3.05) is 13.2 Å². The van der Waals surface area contributed by atoms with Gasteiger partial charge in [-0.15, -0.1) is 0 Å². The first kappa shape index (κ1) is 27.8. The number of ether oxygens (including phenoxy) is 3. The van der Waals surface area contributed by atoms with Gasteiger partial charge in [0.25, 0.3) is 0 Å². The second-order valence-electron chi connectivity index (χ2n) is 8.73. The molecule has 0 aliphatic heterocycles. The third kappa shape index (κ3) is 7.38. The zero-order valence-electron chi connectivity index (χ0n) is 21.4. The number of hydrogen-bond acceptors (Lipinski definition) is 4. The largest absolute Gasteiger partial charge is 0.490 e. The number of alkyl halides is 3. The average molecular weight is 513 g/mol. The van der Waals surface area contributed by atoms with Crippen LogP contribution in [0.4, 0.5) is 13.2 Å². The fourth-order valence-corrected chi connectivity index (χ4v) is 3.56. The number of carbonyl (C=O) groups excluding carboxylic acids is 1. The minimum atomic E-state index is -4.34. The fraction of sp³-hybridized carbons (Fsp3) is 0.300. The summed E-state index contributed by atoms with van der Waals surface area (Å²) >= 11 is 0. The molecule has 0 radical (unpaired) electrons. The van der Waals surface area contributed by atoms with E-state index in [1.165, 1.54) is 12.1 Å². The Bertz CT molecular complexity index is 1200. The van der Waals surface area contributed by atoms with Gasteiger partial charge in [0.1, 0.15) is 18.1 Å². The molecule has 0 fully saturated rings. The predicted molar refractivity (Wildman–Crippen MR) is 138 cm³/mol. The summed E-state index contributed by atoms with van der Waals surface area (Å²) in [6.07, 6.45) is -1.92. The van der Waals surface area contributed by atoms with E-state index in [1.54, 1.807) is 38.1 Å². The van der Waals surface area contributed by atoms with Crippen molar-refractivity contribution in [3.05, 3.63) is 90.0 Å². The first-order chi connectivity index (χ1) is 17.6. The van der Waals surface area contributed by atoms with Crippen LogP contribution in [0, 0.1) is 0 Å². The third-order valence-corrected chi connectivity index (χ3v) is 6.07. The van der Waals surface area contributed by atoms with Crippen molar-refractivity contribution in [3.63, 3.8) is 0 Å². The van der Waals surface area contributed by atoms with Crippen molar-refractivity contribution in [2.45, 2.75) is 45.9 Å². The standard InChI is InChI=1S/C30H31F3O4/c1-5-29(4,28(34)35-6-2)37-27-17-15-26(16-18-27)36-20-19-21(3)22-7-9-23(10-8-22)24-11-13-25(14-12-24)30(31,32)33/h7-19H,5-6,20H2,1-4H3/t29-/m0/s1. The highest BCUT2D eigenvalue weighted by Crippen LogP contribution is 2.31. The molecule has 0 heterocycles. The van der Waals surface area contributed by atoms with E-state index < -0.39 is 23.3 Å². The van der Waals surface area contributed by atoms with Crippen LogP contribution in [0.5, 0.6) is 11.5 Å². The van der Waals surface area contributed by atoms with Gasteiger partial charge in [-0.05, 0) is 91.9 Å². The second kappa shape index (κ2) is 12.0. The molecule has 1 atom stereocenters. The molecule has 196 valence electrons. The smallest absolute Gasteiger partial charge is 0.416 e. The minimum Gasteiger partial charge on any atom is -0.490 e. The normalized spacial score (nSPS) is 13.5. The van der Waals surface area contributed by atoms with E-state index in [9.17, 15) is 18.0 Å². The lowest BCUT2D eigenvalue weighted by Gasteiger charge is -2.27. The Hall–Kier alpha value is -3.74. The van der Waals surface area contributed by atoms with E-state index in [4.69, 9.17) is 14.2 Å². The summed E-state index contributed by atoms with van der Waals surface area (Å²) in [5, 5.41) is 0. The Morgan fingerprint density at radius 1 is 0.838 bits per heavy atom. The summed E-state index contributed by atoms with van der Waals surface area (Å²) in [4.78, 5) is 12.2. The molecular weight excluding hydrogens is 481 g/mol. The fourth-order valence-electron chi connectivity index (χ4n) is 3.56. The van der Waals surface area contributed by atoms with Crippen LogP contribution in [0.2, 0.25) is 0 Å². The lowest BCUT2D eigenvalue weighted by molar-refractivity contribution is -0.160. The molecule has 0 saturated carbocycles. The Morgan fingerprint density at radius 2 is 1.38 bits per heavy atom. The molecule has 0 saturated heterocycles. The van der Waals surface area contributed by atoms with Crippen molar-refractivity contribution < 1.29 is 32.2 Å². The highest BCUT2D eigenvalue weighted by molar-refractivity contribution is 5.79. The molecule has 0 bridgehead atoms. The molecule has 0 amide bonds. The van der Waals surface area contributed by atoms with Crippen LogP contribution in [-0.4, -0.2) is 24.8 Å². The zero-order valence-corrected chi connectivity index (χ0v) is 21.4. The summed E-state index contributed by atoms with van der Waals surface area (Å²) in [5.41, 5.74) is 1.84.